The maximum Gasteiger partial charge on any atom is 0.262 e. The Labute approximate surface area is 150 Å². The van der Waals surface area contributed by atoms with Gasteiger partial charge in [0.05, 0.1) is 21.2 Å². The number of fused-ring (bicyclic) bond motifs is 1. The molecular weight excluding hydrogens is 351 g/mol. The van der Waals surface area contributed by atoms with Crippen LogP contribution < -0.4 is 0 Å². The van der Waals surface area contributed by atoms with Crippen LogP contribution in [0, 0.1) is 0 Å². The van der Waals surface area contributed by atoms with E-state index in [9.17, 15) is 14.4 Å². The highest BCUT2D eigenvalue weighted by Gasteiger charge is 2.38. The Morgan fingerprint density at radius 1 is 1.12 bits per heavy atom. The average Bonchev–Trinajstić information content (AvgIpc) is 3.14. The normalized spacial score (nSPS) is 17.5. The molecule has 0 saturated heterocycles. The number of carbonyl (C=O) groups excluding carboxylic acids is 3. The van der Waals surface area contributed by atoms with Gasteiger partial charge in [0.25, 0.3) is 11.8 Å². The lowest BCUT2D eigenvalue weighted by molar-refractivity contribution is -0.133. The molecule has 2 aliphatic rings. The van der Waals surface area contributed by atoms with Crippen LogP contribution in [0.25, 0.3) is 0 Å². The topological polar surface area (TPSA) is 57.7 Å². The van der Waals surface area contributed by atoms with E-state index < -0.39 is 11.8 Å². The van der Waals surface area contributed by atoms with Crippen LogP contribution in [-0.2, 0) is 4.79 Å². The first-order chi connectivity index (χ1) is 11.4. The van der Waals surface area contributed by atoms with Crippen molar-refractivity contribution >= 4 is 40.9 Å². The third kappa shape index (κ3) is 2.91. The molecular formula is C17H18Cl2N2O3. The van der Waals surface area contributed by atoms with Crippen LogP contribution in [0.3, 0.4) is 0 Å². The second-order valence-electron chi connectivity index (χ2n) is 6.13. The van der Waals surface area contributed by atoms with Crippen LogP contribution >= 0.6 is 23.2 Å². The quantitative estimate of drug-likeness (QED) is 0.765. The molecule has 1 aromatic carbocycles. The molecule has 0 atom stereocenters. The molecule has 3 rings (SSSR count). The van der Waals surface area contributed by atoms with E-state index in [2.05, 4.69) is 0 Å². The van der Waals surface area contributed by atoms with E-state index in [1.165, 1.54) is 12.1 Å². The molecule has 7 heteroatoms. The summed E-state index contributed by atoms with van der Waals surface area (Å²) in [6.07, 6.45) is 4.18. The Balaban J connectivity index is 1.79. The molecule has 0 bridgehead atoms. The van der Waals surface area contributed by atoms with Gasteiger partial charge < -0.3 is 4.90 Å². The Kier molecular flexibility index (Phi) is 4.83. The minimum absolute atomic E-state index is 0.198. The highest BCUT2D eigenvalue weighted by atomic mass is 35.5. The van der Waals surface area contributed by atoms with E-state index in [4.69, 9.17) is 23.2 Å². The van der Waals surface area contributed by atoms with E-state index in [0.29, 0.717) is 6.54 Å². The van der Waals surface area contributed by atoms with E-state index in [1.54, 1.807) is 4.90 Å². The van der Waals surface area contributed by atoms with E-state index in [1.807, 2.05) is 6.92 Å². The smallest absolute Gasteiger partial charge is 0.262 e. The first kappa shape index (κ1) is 17.2. The lowest BCUT2D eigenvalue weighted by atomic mass is 10.1. The van der Waals surface area contributed by atoms with Gasteiger partial charge in [-0.3, -0.25) is 19.3 Å². The fraction of sp³-hybridized carbons (Fsp3) is 0.471. The van der Waals surface area contributed by atoms with Gasteiger partial charge in [-0.25, -0.2) is 0 Å². The van der Waals surface area contributed by atoms with Crippen LogP contribution in [0.1, 0.15) is 53.3 Å². The molecule has 0 unspecified atom stereocenters. The van der Waals surface area contributed by atoms with Crippen LogP contribution in [0.15, 0.2) is 12.1 Å². The number of rotatable bonds is 4. The van der Waals surface area contributed by atoms with Gasteiger partial charge in [-0.1, -0.05) is 36.0 Å². The predicted molar refractivity (Wildman–Crippen MR) is 91.5 cm³/mol. The number of amides is 3. The molecule has 3 amide bonds. The summed E-state index contributed by atoms with van der Waals surface area (Å²) in [5.74, 6) is -1.19. The molecule has 1 aliphatic carbocycles. The zero-order chi connectivity index (χ0) is 17.4. The molecule has 1 aliphatic heterocycles. The number of nitrogens with zero attached hydrogens (tertiary/aromatic N) is 2. The van der Waals surface area contributed by atoms with Gasteiger partial charge in [-0.05, 0) is 31.9 Å². The van der Waals surface area contributed by atoms with Crippen molar-refractivity contribution in [3.63, 3.8) is 0 Å². The fourth-order valence-electron chi connectivity index (χ4n) is 3.51. The monoisotopic (exact) mass is 368 g/mol. The van der Waals surface area contributed by atoms with Gasteiger partial charge in [0, 0.05) is 12.6 Å². The molecule has 1 saturated carbocycles. The van der Waals surface area contributed by atoms with Crippen molar-refractivity contribution in [2.24, 2.45) is 0 Å². The molecule has 0 aromatic heterocycles. The number of imide groups is 1. The second kappa shape index (κ2) is 6.73. The number of halogens is 2. The highest BCUT2D eigenvalue weighted by molar-refractivity contribution is 6.43. The van der Waals surface area contributed by atoms with Crippen molar-refractivity contribution in [3.8, 4) is 0 Å². The number of carbonyl (C=O) groups is 3. The zero-order valence-corrected chi connectivity index (χ0v) is 14.9. The summed E-state index contributed by atoms with van der Waals surface area (Å²) in [4.78, 5) is 40.3. The lowest BCUT2D eigenvalue weighted by Gasteiger charge is -2.29. The Hall–Kier alpha value is -1.59. The number of hydrogen-bond donors (Lipinski definition) is 0. The Morgan fingerprint density at radius 3 is 2.08 bits per heavy atom. The average molecular weight is 369 g/mol. The fourth-order valence-corrected chi connectivity index (χ4v) is 3.83. The Bertz CT molecular complexity index is 673. The molecule has 1 aromatic rings. The SMILES string of the molecule is CCN(C(=O)CN1C(=O)c2cc(Cl)c(Cl)cc2C1=O)C1CCCC1. The van der Waals surface area contributed by atoms with Crippen LogP contribution in [0.4, 0.5) is 0 Å². The molecule has 0 N–H and O–H groups in total. The van der Waals surface area contributed by atoms with Gasteiger partial charge in [0.1, 0.15) is 6.54 Å². The van der Waals surface area contributed by atoms with Crippen molar-refractivity contribution < 1.29 is 14.4 Å². The van der Waals surface area contributed by atoms with Crippen molar-refractivity contribution in [1.82, 2.24) is 9.80 Å². The predicted octanol–water partition coefficient (Wildman–Crippen LogP) is 3.38. The molecule has 1 heterocycles. The van der Waals surface area contributed by atoms with E-state index in [0.717, 1.165) is 30.6 Å². The highest BCUT2D eigenvalue weighted by Crippen LogP contribution is 2.31. The molecule has 5 nitrogen and oxygen atoms in total. The largest absolute Gasteiger partial charge is 0.338 e. The van der Waals surface area contributed by atoms with Crippen molar-refractivity contribution in [1.29, 1.82) is 0 Å². The number of hydrogen-bond acceptors (Lipinski definition) is 3. The summed E-state index contributed by atoms with van der Waals surface area (Å²) >= 11 is 11.9. The summed E-state index contributed by atoms with van der Waals surface area (Å²) in [5.41, 5.74) is 0.400. The zero-order valence-electron chi connectivity index (χ0n) is 13.3. The summed E-state index contributed by atoms with van der Waals surface area (Å²) in [5, 5.41) is 0.428. The van der Waals surface area contributed by atoms with Gasteiger partial charge in [0.15, 0.2) is 0 Å². The summed E-state index contributed by atoms with van der Waals surface area (Å²) < 4.78 is 0. The van der Waals surface area contributed by atoms with Crippen molar-refractivity contribution in [3.05, 3.63) is 33.3 Å². The molecule has 1 fully saturated rings. The summed E-state index contributed by atoms with van der Waals surface area (Å²) in [7, 11) is 0. The summed E-state index contributed by atoms with van der Waals surface area (Å²) in [6, 6.07) is 2.98. The maximum absolute atomic E-state index is 12.6. The standard InChI is InChI=1S/C17H18Cl2N2O3/c1-2-20(10-5-3-4-6-10)15(22)9-21-16(23)11-7-13(18)14(19)8-12(11)17(21)24/h7-8,10H,2-6,9H2,1H3. The van der Waals surface area contributed by atoms with Crippen molar-refractivity contribution in [2.75, 3.05) is 13.1 Å². The van der Waals surface area contributed by atoms with Crippen LogP contribution in [0.5, 0.6) is 0 Å². The van der Waals surface area contributed by atoms with E-state index >= 15 is 0 Å². The molecule has 128 valence electrons. The van der Waals surface area contributed by atoms with Crippen LogP contribution in [-0.4, -0.2) is 46.7 Å². The molecule has 0 spiro atoms. The first-order valence-electron chi connectivity index (χ1n) is 8.08. The Morgan fingerprint density at radius 2 is 1.62 bits per heavy atom. The molecule has 0 radical (unpaired) electrons. The van der Waals surface area contributed by atoms with Gasteiger partial charge >= 0.3 is 0 Å². The molecule has 24 heavy (non-hydrogen) atoms. The van der Waals surface area contributed by atoms with Crippen molar-refractivity contribution in [2.45, 2.75) is 38.6 Å². The number of likely N-dealkylation sites (N-methyl/N-ethyl adjacent to an activating group) is 1. The van der Waals surface area contributed by atoms with Gasteiger partial charge in [0.2, 0.25) is 5.91 Å². The van der Waals surface area contributed by atoms with Gasteiger partial charge in [-0.2, -0.15) is 0 Å². The third-order valence-electron chi connectivity index (χ3n) is 4.73. The van der Waals surface area contributed by atoms with E-state index in [-0.39, 0.29) is 39.7 Å². The minimum atomic E-state index is -0.496. The maximum atomic E-state index is 12.6. The minimum Gasteiger partial charge on any atom is -0.338 e. The van der Waals surface area contributed by atoms with Gasteiger partial charge in [-0.15, -0.1) is 0 Å². The third-order valence-corrected chi connectivity index (χ3v) is 5.45. The number of benzene rings is 1. The summed E-state index contributed by atoms with van der Waals surface area (Å²) in [6.45, 7) is 2.24. The van der Waals surface area contributed by atoms with Crippen LogP contribution in [0.2, 0.25) is 10.0 Å². The second-order valence-corrected chi connectivity index (χ2v) is 6.94. The first-order valence-corrected chi connectivity index (χ1v) is 8.84. The lowest BCUT2D eigenvalue weighted by Crippen LogP contribution is -2.46.